The van der Waals surface area contributed by atoms with Crippen molar-refractivity contribution in [3.63, 3.8) is 0 Å². The number of fused-ring (bicyclic) bond motifs is 2. The number of carboxylic acid groups (broad SMARTS) is 1. The normalized spacial score (nSPS) is 14.3. The highest BCUT2D eigenvalue weighted by Gasteiger charge is 2.22. The third kappa shape index (κ3) is 4.05. The van der Waals surface area contributed by atoms with E-state index in [1.54, 1.807) is 16.8 Å². The van der Waals surface area contributed by atoms with Crippen LogP contribution in [0.1, 0.15) is 21.1 Å². The molecule has 5 heterocycles. The molecule has 1 N–H and O–H groups in total. The molecule has 0 amide bonds. The number of imidazole rings is 1. The van der Waals surface area contributed by atoms with Gasteiger partial charge in [-0.3, -0.25) is 0 Å². The Morgan fingerprint density at radius 1 is 1.00 bits per heavy atom. The van der Waals surface area contributed by atoms with E-state index in [2.05, 4.69) is 10.00 Å². The molecule has 0 unspecified atom stereocenters. The van der Waals surface area contributed by atoms with E-state index >= 15 is 0 Å². The van der Waals surface area contributed by atoms with Crippen molar-refractivity contribution < 1.29 is 14.6 Å². The average Bonchev–Trinajstić information content (AvgIpc) is 3.52. The number of carboxylic acids is 1. The molecule has 1 aliphatic heterocycles. The molecule has 6 rings (SSSR count). The number of nitrogens with zero attached hydrogens (tertiary/aromatic N) is 5. The number of carbonyl (C=O) groups is 1. The number of thiophene rings is 1. The van der Waals surface area contributed by atoms with Crippen LogP contribution in [0.4, 0.5) is 5.69 Å². The van der Waals surface area contributed by atoms with Crippen LogP contribution >= 0.6 is 11.3 Å². The predicted molar refractivity (Wildman–Crippen MR) is 137 cm³/mol. The molecule has 1 aromatic carbocycles. The molecular formula is C26H21N5O3S. The van der Waals surface area contributed by atoms with E-state index in [9.17, 15) is 9.90 Å². The molecule has 0 aliphatic carbocycles. The number of hydrogen-bond donors (Lipinski definition) is 1. The fraction of sp³-hybridized carbons (Fsp3) is 0.154. The van der Waals surface area contributed by atoms with Crippen LogP contribution in [0.3, 0.4) is 0 Å². The first-order valence-electron chi connectivity index (χ1n) is 11.3. The number of hydrogen-bond acceptors (Lipinski definition) is 7. The number of rotatable bonds is 5. The summed E-state index contributed by atoms with van der Waals surface area (Å²) in [4.78, 5) is 24.5. The molecule has 0 radical (unpaired) electrons. The van der Waals surface area contributed by atoms with Crippen LogP contribution in [-0.2, 0) is 4.74 Å². The maximum atomic E-state index is 11.5. The van der Waals surface area contributed by atoms with Gasteiger partial charge in [0.25, 0.3) is 0 Å². The summed E-state index contributed by atoms with van der Waals surface area (Å²) in [5, 5.41) is 15.1. The van der Waals surface area contributed by atoms with Crippen LogP contribution < -0.4 is 4.90 Å². The van der Waals surface area contributed by atoms with Crippen molar-refractivity contribution >= 4 is 51.7 Å². The minimum absolute atomic E-state index is 0.269. The number of pyridine rings is 1. The van der Waals surface area contributed by atoms with Crippen molar-refractivity contribution in [3.8, 4) is 10.6 Å². The Morgan fingerprint density at radius 3 is 2.69 bits per heavy atom. The maximum Gasteiger partial charge on any atom is 0.345 e. The third-order valence-electron chi connectivity index (χ3n) is 5.96. The molecule has 9 heteroatoms. The van der Waals surface area contributed by atoms with E-state index in [-0.39, 0.29) is 4.88 Å². The lowest BCUT2D eigenvalue weighted by atomic mass is 10.2. The zero-order valence-electron chi connectivity index (χ0n) is 18.7. The smallest absolute Gasteiger partial charge is 0.345 e. The summed E-state index contributed by atoms with van der Waals surface area (Å²) in [6.45, 7) is 2.87. The summed E-state index contributed by atoms with van der Waals surface area (Å²) in [7, 11) is 0. The standard InChI is InChI=1S/C26H21N5O3S/c32-26(33)23-10-9-22(35-23)24-20(8-7-18-6-5-17-3-1-2-4-19(17)28-18)29-25-21(11-12-27-31(24)25)30-13-15-34-16-14-30/h1-12H,13-16H2,(H,32,33)/b8-7+. The molecule has 8 nitrogen and oxygen atoms in total. The van der Waals surface area contributed by atoms with Crippen LogP contribution in [0.25, 0.3) is 39.3 Å². The van der Waals surface area contributed by atoms with Gasteiger partial charge in [-0.2, -0.15) is 5.10 Å². The molecule has 0 saturated carbocycles. The van der Waals surface area contributed by atoms with E-state index in [0.29, 0.717) is 18.9 Å². The highest BCUT2D eigenvalue weighted by molar-refractivity contribution is 7.17. The van der Waals surface area contributed by atoms with Gasteiger partial charge in [0.05, 0.1) is 46.9 Å². The third-order valence-corrected chi connectivity index (χ3v) is 7.04. The molecule has 174 valence electrons. The van der Waals surface area contributed by atoms with Crippen LogP contribution in [0.2, 0.25) is 0 Å². The van der Waals surface area contributed by atoms with Gasteiger partial charge in [0.15, 0.2) is 5.65 Å². The monoisotopic (exact) mass is 483 g/mol. The van der Waals surface area contributed by atoms with Crippen molar-refractivity contribution in [2.45, 2.75) is 0 Å². The van der Waals surface area contributed by atoms with Gasteiger partial charge in [-0.15, -0.1) is 11.3 Å². The van der Waals surface area contributed by atoms with Gasteiger partial charge < -0.3 is 14.7 Å². The largest absolute Gasteiger partial charge is 0.477 e. The lowest BCUT2D eigenvalue weighted by molar-refractivity contribution is 0.0702. The zero-order chi connectivity index (χ0) is 23.8. The van der Waals surface area contributed by atoms with Crippen molar-refractivity contribution in [2.24, 2.45) is 0 Å². The van der Waals surface area contributed by atoms with Gasteiger partial charge in [-0.1, -0.05) is 24.3 Å². The van der Waals surface area contributed by atoms with Crippen molar-refractivity contribution in [3.05, 3.63) is 77.1 Å². The van der Waals surface area contributed by atoms with Crippen LogP contribution in [0.5, 0.6) is 0 Å². The summed E-state index contributed by atoms with van der Waals surface area (Å²) in [5.74, 6) is -0.950. The Balaban J connectivity index is 1.49. The SMILES string of the molecule is O=C(O)c1ccc(-c2c(/C=C/c3ccc4ccccc4n3)nc3c(N4CCOCC4)ccnn23)s1. The summed E-state index contributed by atoms with van der Waals surface area (Å²) >= 11 is 1.21. The number of para-hydroxylation sites is 1. The molecule has 35 heavy (non-hydrogen) atoms. The second kappa shape index (κ2) is 8.94. The van der Waals surface area contributed by atoms with Crippen molar-refractivity contribution in [1.82, 2.24) is 19.6 Å². The molecule has 5 aromatic rings. The number of aromatic carboxylic acids is 1. The molecular weight excluding hydrogens is 462 g/mol. The fourth-order valence-corrected chi connectivity index (χ4v) is 5.15. The van der Waals surface area contributed by atoms with Crippen LogP contribution in [0.15, 0.2) is 60.8 Å². The molecule has 1 fully saturated rings. The number of benzene rings is 1. The van der Waals surface area contributed by atoms with Crippen molar-refractivity contribution in [1.29, 1.82) is 0 Å². The van der Waals surface area contributed by atoms with Crippen LogP contribution in [-0.4, -0.2) is 57.0 Å². The summed E-state index contributed by atoms with van der Waals surface area (Å²) in [6.07, 6.45) is 5.61. The molecule has 0 spiro atoms. The molecule has 4 aromatic heterocycles. The zero-order valence-corrected chi connectivity index (χ0v) is 19.5. The molecule has 0 atom stereocenters. The summed E-state index contributed by atoms with van der Waals surface area (Å²) in [5.41, 5.74) is 4.89. The summed E-state index contributed by atoms with van der Waals surface area (Å²) < 4.78 is 7.32. The molecule has 0 bridgehead atoms. The minimum Gasteiger partial charge on any atom is -0.477 e. The first-order valence-corrected chi connectivity index (χ1v) is 12.1. The quantitative estimate of drug-likeness (QED) is 0.387. The Hall–Kier alpha value is -4.08. The van der Waals surface area contributed by atoms with Gasteiger partial charge in [0, 0.05) is 18.5 Å². The first kappa shape index (κ1) is 21.5. The average molecular weight is 484 g/mol. The molecule has 1 saturated heterocycles. The van der Waals surface area contributed by atoms with E-state index in [4.69, 9.17) is 14.7 Å². The van der Waals surface area contributed by atoms with Gasteiger partial charge in [0.1, 0.15) is 10.6 Å². The summed E-state index contributed by atoms with van der Waals surface area (Å²) in [6, 6.07) is 17.4. The highest BCUT2D eigenvalue weighted by Crippen LogP contribution is 2.34. The lowest BCUT2D eigenvalue weighted by Gasteiger charge is -2.28. The Labute approximate surface area is 204 Å². The predicted octanol–water partition coefficient (Wildman–Crippen LogP) is 4.71. The van der Waals surface area contributed by atoms with Crippen molar-refractivity contribution in [2.75, 3.05) is 31.2 Å². The Morgan fingerprint density at radius 2 is 1.86 bits per heavy atom. The number of ether oxygens (including phenoxy) is 1. The van der Waals surface area contributed by atoms with Gasteiger partial charge in [-0.05, 0) is 42.5 Å². The van der Waals surface area contributed by atoms with Gasteiger partial charge in [-0.25, -0.2) is 19.3 Å². The fourth-order valence-electron chi connectivity index (χ4n) is 4.27. The maximum absolute atomic E-state index is 11.5. The highest BCUT2D eigenvalue weighted by atomic mass is 32.1. The number of aromatic nitrogens is 4. The number of morpholine rings is 1. The minimum atomic E-state index is -0.950. The first-order chi connectivity index (χ1) is 17.2. The number of anilines is 1. The van der Waals surface area contributed by atoms with Gasteiger partial charge in [0.2, 0.25) is 0 Å². The Bertz CT molecular complexity index is 1580. The molecule has 1 aliphatic rings. The Kier molecular flexibility index (Phi) is 5.48. The topological polar surface area (TPSA) is 92.8 Å². The second-order valence-corrected chi connectivity index (χ2v) is 9.21. The lowest BCUT2D eigenvalue weighted by Crippen LogP contribution is -2.36. The van der Waals surface area contributed by atoms with E-state index in [0.717, 1.165) is 51.6 Å². The van der Waals surface area contributed by atoms with Crippen LogP contribution in [0, 0.1) is 0 Å². The van der Waals surface area contributed by atoms with Gasteiger partial charge >= 0.3 is 5.97 Å². The second-order valence-electron chi connectivity index (χ2n) is 8.13. The van der Waals surface area contributed by atoms with E-state index in [1.165, 1.54) is 11.3 Å². The van der Waals surface area contributed by atoms with E-state index in [1.807, 2.05) is 60.7 Å². The van der Waals surface area contributed by atoms with E-state index < -0.39 is 5.97 Å².